The van der Waals surface area contributed by atoms with Gasteiger partial charge in [0.2, 0.25) is 11.8 Å². The molecule has 4 aromatic carbocycles. The van der Waals surface area contributed by atoms with Crippen molar-refractivity contribution in [1.82, 2.24) is 19.9 Å². The Morgan fingerprint density at radius 2 is 1.00 bits per heavy atom. The summed E-state index contributed by atoms with van der Waals surface area (Å²) in [6.45, 7) is 1.42. The number of carbonyl (C=O) groups is 1. The number of methoxy groups -OCH3 is 1. The number of unbranched alkanes of at least 4 members (excludes halogenated alkanes) is 1. The number of fused-ring (bicyclic) bond motifs is 2. The number of rotatable bonds is 16. The van der Waals surface area contributed by atoms with Crippen LogP contribution in [0, 0.1) is 0 Å². The van der Waals surface area contributed by atoms with Crippen molar-refractivity contribution in [1.29, 1.82) is 0 Å². The third-order valence-electron chi connectivity index (χ3n) is 8.27. The molecule has 0 aliphatic carbocycles. The molecule has 0 saturated heterocycles. The van der Waals surface area contributed by atoms with Gasteiger partial charge in [-0.15, -0.1) is 0 Å². The average molecular weight is 673 g/mol. The Kier molecular flexibility index (Phi) is 14.0. The van der Waals surface area contributed by atoms with Gasteiger partial charge in [-0.05, 0) is 78.6 Å². The molecule has 0 aliphatic rings. The minimum absolute atomic E-state index is 0.156. The first-order valence-corrected chi connectivity index (χ1v) is 17.1. The highest BCUT2D eigenvalue weighted by molar-refractivity contribution is 5.83. The summed E-state index contributed by atoms with van der Waals surface area (Å²) in [6.07, 6.45) is 9.76. The molecule has 0 spiro atoms. The summed E-state index contributed by atoms with van der Waals surface area (Å²) in [5.74, 6) is 1.10. The van der Waals surface area contributed by atoms with Crippen LogP contribution in [-0.2, 0) is 35.2 Å². The zero-order valence-electron chi connectivity index (χ0n) is 28.5. The largest absolute Gasteiger partial charge is 0.477 e. The average Bonchev–Trinajstić information content (AvgIpc) is 3.16. The monoisotopic (exact) mass is 672 g/mol. The highest BCUT2D eigenvalue weighted by Crippen LogP contribution is 2.22. The molecule has 0 amide bonds. The Hall–Kier alpha value is -5.41. The van der Waals surface area contributed by atoms with E-state index in [1.54, 1.807) is 6.33 Å². The maximum atomic E-state index is 11.1. The van der Waals surface area contributed by atoms with Crippen molar-refractivity contribution < 1.29 is 24.1 Å². The van der Waals surface area contributed by atoms with Gasteiger partial charge in [0.15, 0.2) is 0 Å². The summed E-state index contributed by atoms with van der Waals surface area (Å²) < 4.78 is 16.4. The van der Waals surface area contributed by atoms with Gasteiger partial charge in [-0.25, -0.2) is 19.9 Å². The zero-order valence-corrected chi connectivity index (χ0v) is 28.5. The van der Waals surface area contributed by atoms with E-state index < -0.39 is 0 Å². The highest BCUT2D eigenvalue weighted by atomic mass is 16.5. The number of aliphatic hydroxyl groups excluding tert-OH is 1. The number of para-hydroxylation sites is 2. The Balaban J connectivity index is 0.000000195. The molecule has 9 heteroatoms. The number of carbonyl (C=O) groups excluding carboxylic acids is 1. The predicted octanol–water partition coefficient (Wildman–Crippen LogP) is 7.31. The molecule has 9 nitrogen and oxygen atoms in total. The number of aromatic nitrogens is 4. The fraction of sp³-hybridized carbons (Fsp3) is 0.293. The molecule has 0 unspecified atom stereocenters. The van der Waals surface area contributed by atoms with Crippen molar-refractivity contribution >= 4 is 27.8 Å². The summed E-state index contributed by atoms with van der Waals surface area (Å²) in [6, 6.07) is 32.7. The zero-order chi connectivity index (χ0) is 34.8. The number of esters is 1. The lowest BCUT2D eigenvalue weighted by Gasteiger charge is -2.08. The van der Waals surface area contributed by atoms with Gasteiger partial charge >= 0.3 is 5.97 Å². The van der Waals surface area contributed by atoms with E-state index in [2.05, 4.69) is 73.2 Å². The van der Waals surface area contributed by atoms with E-state index in [1.807, 2.05) is 48.5 Å². The van der Waals surface area contributed by atoms with Gasteiger partial charge in [0.05, 0.1) is 42.1 Å². The van der Waals surface area contributed by atoms with E-state index in [0.717, 1.165) is 66.8 Å². The second kappa shape index (κ2) is 19.6. The van der Waals surface area contributed by atoms with E-state index >= 15 is 0 Å². The number of hydrogen-bond donors (Lipinski definition) is 1. The molecule has 50 heavy (non-hydrogen) atoms. The van der Waals surface area contributed by atoms with Crippen molar-refractivity contribution in [3.05, 3.63) is 132 Å². The lowest BCUT2D eigenvalue weighted by atomic mass is 10.0. The van der Waals surface area contributed by atoms with Crippen LogP contribution in [-0.4, -0.2) is 57.9 Å². The van der Waals surface area contributed by atoms with Crippen molar-refractivity contribution in [3.63, 3.8) is 0 Å². The van der Waals surface area contributed by atoms with Gasteiger partial charge in [-0.2, -0.15) is 0 Å². The van der Waals surface area contributed by atoms with Crippen LogP contribution in [0.3, 0.4) is 0 Å². The smallest absolute Gasteiger partial charge is 0.305 e. The molecular formula is C41H44N4O5. The lowest BCUT2D eigenvalue weighted by Crippen LogP contribution is -2.04. The minimum Gasteiger partial charge on any atom is -0.477 e. The van der Waals surface area contributed by atoms with E-state index in [9.17, 15) is 4.79 Å². The second-order valence-corrected chi connectivity index (χ2v) is 11.8. The topological polar surface area (TPSA) is 117 Å². The standard InChI is InChI=1S/C21H22N2O3.C20H22N2O2/c1-25-20(24)8-4-5-16-9-11-17(12-10-16)13-14-26-21-18-6-2-3-7-19(18)22-15-23-21;23-13-4-3-5-16-8-10-17(11-9-16)12-14-24-20-18-6-1-2-7-19(18)21-15-22-20/h2-3,6-7,9-12,15H,4-5,8,13-14H2,1H3;1-2,6-11,15,23H,3-5,12-14H2. The van der Waals surface area contributed by atoms with Gasteiger partial charge < -0.3 is 19.3 Å². The maximum Gasteiger partial charge on any atom is 0.305 e. The van der Waals surface area contributed by atoms with Crippen LogP contribution in [0.1, 0.15) is 47.9 Å². The number of aliphatic hydroxyl groups is 1. The summed E-state index contributed by atoms with van der Waals surface area (Å²) in [5, 5.41) is 10.7. The Morgan fingerprint density at radius 1 is 0.560 bits per heavy atom. The minimum atomic E-state index is -0.156. The first-order valence-electron chi connectivity index (χ1n) is 17.1. The highest BCUT2D eigenvalue weighted by Gasteiger charge is 2.06. The van der Waals surface area contributed by atoms with E-state index in [1.165, 1.54) is 35.7 Å². The van der Waals surface area contributed by atoms with Gasteiger partial charge in [0.25, 0.3) is 0 Å². The van der Waals surface area contributed by atoms with Crippen LogP contribution in [0.2, 0.25) is 0 Å². The molecule has 0 bridgehead atoms. The predicted molar refractivity (Wildman–Crippen MR) is 195 cm³/mol. The van der Waals surface area contributed by atoms with E-state index in [4.69, 9.17) is 14.6 Å². The fourth-order valence-electron chi connectivity index (χ4n) is 5.45. The molecule has 2 aromatic heterocycles. The van der Waals surface area contributed by atoms with Gasteiger partial charge in [0, 0.05) is 25.9 Å². The van der Waals surface area contributed by atoms with Crippen LogP contribution in [0.4, 0.5) is 0 Å². The van der Waals surface area contributed by atoms with Crippen molar-refractivity contribution in [2.75, 3.05) is 26.9 Å². The van der Waals surface area contributed by atoms with Gasteiger partial charge in [-0.1, -0.05) is 72.8 Å². The van der Waals surface area contributed by atoms with Crippen LogP contribution >= 0.6 is 0 Å². The number of ether oxygens (including phenoxy) is 3. The van der Waals surface area contributed by atoms with Crippen molar-refractivity contribution in [2.45, 2.75) is 51.4 Å². The molecule has 1 N–H and O–H groups in total. The molecule has 0 fully saturated rings. The SMILES string of the molecule is COC(=O)CCCc1ccc(CCOc2ncnc3ccccc23)cc1.OCCCCc1ccc(CCOc2ncnc3ccccc23)cc1. The van der Waals surface area contributed by atoms with E-state index in [-0.39, 0.29) is 12.6 Å². The third kappa shape index (κ3) is 11.1. The molecule has 6 aromatic rings. The first-order chi connectivity index (χ1) is 24.6. The van der Waals surface area contributed by atoms with Crippen LogP contribution in [0.5, 0.6) is 11.8 Å². The number of aryl methyl sites for hydroxylation is 2. The molecule has 0 saturated carbocycles. The van der Waals surface area contributed by atoms with Crippen LogP contribution in [0.15, 0.2) is 110 Å². The lowest BCUT2D eigenvalue weighted by molar-refractivity contribution is -0.140. The second-order valence-electron chi connectivity index (χ2n) is 11.8. The summed E-state index contributed by atoms with van der Waals surface area (Å²) in [7, 11) is 1.42. The van der Waals surface area contributed by atoms with Crippen molar-refractivity contribution in [2.24, 2.45) is 0 Å². The fourth-order valence-corrected chi connectivity index (χ4v) is 5.45. The van der Waals surface area contributed by atoms with E-state index in [0.29, 0.717) is 31.4 Å². The van der Waals surface area contributed by atoms with Crippen molar-refractivity contribution in [3.8, 4) is 11.8 Å². The molecule has 0 atom stereocenters. The molecule has 258 valence electrons. The molecule has 0 aliphatic heterocycles. The van der Waals surface area contributed by atoms with Crippen LogP contribution < -0.4 is 9.47 Å². The van der Waals surface area contributed by atoms with Crippen LogP contribution in [0.25, 0.3) is 21.8 Å². The molecule has 6 rings (SSSR count). The number of benzene rings is 4. The summed E-state index contributed by atoms with van der Waals surface area (Å²) in [5.41, 5.74) is 6.78. The van der Waals surface area contributed by atoms with Gasteiger partial charge in [0.1, 0.15) is 12.7 Å². The molecule has 2 heterocycles. The summed E-state index contributed by atoms with van der Waals surface area (Å²) in [4.78, 5) is 28.1. The number of hydrogen-bond acceptors (Lipinski definition) is 9. The Labute approximate surface area is 293 Å². The Morgan fingerprint density at radius 3 is 1.46 bits per heavy atom. The molecular weight excluding hydrogens is 628 g/mol. The maximum absolute atomic E-state index is 11.1. The normalized spacial score (nSPS) is 10.8. The molecule has 0 radical (unpaired) electrons. The number of nitrogens with zero attached hydrogens (tertiary/aromatic N) is 4. The quantitative estimate of drug-likeness (QED) is 0.0834. The summed E-state index contributed by atoms with van der Waals surface area (Å²) >= 11 is 0. The third-order valence-corrected chi connectivity index (χ3v) is 8.27. The Bertz CT molecular complexity index is 1910. The first kappa shape index (κ1) is 35.9. The van der Waals surface area contributed by atoms with Gasteiger partial charge in [-0.3, -0.25) is 4.79 Å².